The van der Waals surface area contributed by atoms with E-state index >= 15 is 0 Å². The molecule has 1 heterocycles. The van der Waals surface area contributed by atoms with Crippen LogP contribution in [-0.4, -0.2) is 4.98 Å². The van der Waals surface area contributed by atoms with Gasteiger partial charge in [-0.25, -0.2) is 0 Å². The zero-order valence-corrected chi connectivity index (χ0v) is 24.0. The van der Waals surface area contributed by atoms with E-state index in [1.807, 2.05) is 12.4 Å². The first-order valence-electron chi connectivity index (χ1n) is 14.8. The molecular formula is C42H29N. The van der Waals surface area contributed by atoms with Gasteiger partial charge in [0.05, 0.1) is 0 Å². The summed E-state index contributed by atoms with van der Waals surface area (Å²) in [7, 11) is 0. The van der Waals surface area contributed by atoms with Crippen molar-refractivity contribution in [2.24, 2.45) is 0 Å². The molecule has 0 saturated carbocycles. The number of nitrogens with zero attached hydrogens (tertiary/aromatic N) is 1. The Labute approximate surface area is 251 Å². The zero-order chi connectivity index (χ0) is 28.8. The van der Waals surface area contributed by atoms with E-state index < -0.39 is 0 Å². The fraction of sp³-hybridized carbons (Fsp3) is 0.0238. The lowest BCUT2D eigenvalue weighted by atomic mass is 9.85. The van der Waals surface area contributed by atoms with E-state index in [0.717, 1.165) is 11.1 Å². The molecule has 0 bridgehead atoms. The smallest absolute Gasteiger partial charge is 0.0346 e. The maximum Gasteiger partial charge on any atom is 0.0346 e. The second-order valence-corrected chi connectivity index (χ2v) is 11.3. The van der Waals surface area contributed by atoms with Crippen molar-refractivity contribution in [1.82, 2.24) is 4.98 Å². The molecule has 0 saturated heterocycles. The van der Waals surface area contributed by atoms with E-state index in [0.29, 0.717) is 0 Å². The molecule has 1 nitrogen and oxygen atoms in total. The van der Waals surface area contributed by atoms with Crippen LogP contribution < -0.4 is 0 Å². The molecule has 0 atom stereocenters. The highest BCUT2D eigenvalue weighted by atomic mass is 14.6. The topological polar surface area (TPSA) is 12.9 Å². The van der Waals surface area contributed by atoms with Gasteiger partial charge in [-0.05, 0) is 108 Å². The molecule has 8 rings (SSSR count). The van der Waals surface area contributed by atoms with Gasteiger partial charge in [0.1, 0.15) is 0 Å². The summed E-state index contributed by atoms with van der Waals surface area (Å²) >= 11 is 0. The van der Waals surface area contributed by atoms with E-state index in [4.69, 9.17) is 0 Å². The summed E-state index contributed by atoms with van der Waals surface area (Å²) in [6, 6.07) is 53.2. The number of aryl methyl sites for hydroxylation is 1. The van der Waals surface area contributed by atoms with Gasteiger partial charge in [-0.15, -0.1) is 0 Å². The number of pyridine rings is 1. The minimum Gasteiger partial charge on any atom is -0.264 e. The molecule has 0 unspecified atom stereocenters. The van der Waals surface area contributed by atoms with Gasteiger partial charge in [-0.2, -0.15) is 0 Å². The molecule has 0 aliphatic heterocycles. The van der Waals surface area contributed by atoms with Gasteiger partial charge >= 0.3 is 0 Å². The Morgan fingerprint density at radius 1 is 0.349 bits per heavy atom. The second-order valence-electron chi connectivity index (χ2n) is 11.3. The van der Waals surface area contributed by atoms with Gasteiger partial charge in [0.25, 0.3) is 0 Å². The van der Waals surface area contributed by atoms with Crippen molar-refractivity contribution in [3.8, 4) is 44.5 Å². The monoisotopic (exact) mass is 547 g/mol. The minimum absolute atomic E-state index is 1.14. The largest absolute Gasteiger partial charge is 0.264 e. The molecular weight excluding hydrogens is 518 g/mol. The first kappa shape index (κ1) is 25.2. The van der Waals surface area contributed by atoms with Crippen LogP contribution in [0.3, 0.4) is 0 Å². The Bertz CT molecular complexity index is 2250. The molecule has 0 spiro atoms. The van der Waals surface area contributed by atoms with Gasteiger partial charge in [-0.3, -0.25) is 4.98 Å². The van der Waals surface area contributed by atoms with Crippen molar-refractivity contribution in [3.05, 3.63) is 164 Å². The van der Waals surface area contributed by atoms with E-state index in [1.54, 1.807) is 0 Å². The molecule has 0 aliphatic rings. The maximum atomic E-state index is 4.42. The second kappa shape index (κ2) is 10.4. The Balaban J connectivity index is 1.34. The quantitative estimate of drug-likeness (QED) is 0.200. The first-order valence-corrected chi connectivity index (χ1v) is 14.8. The number of fused-ring (bicyclic) bond motifs is 3. The Morgan fingerprint density at radius 2 is 0.837 bits per heavy atom. The van der Waals surface area contributed by atoms with Gasteiger partial charge in [0, 0.05) is 18.0 Å². The van der Waals surface area contributed by atoms with Gasteiger partial charge in [0.15, 0.2) is 0 Å². The molecule has 1 aromatic heterocycles. The third-order valence-electron chi connectivity index (χ3n) is 8.53. The first-order chi connectivity index (χ1) is 21.2. The lowest BCUT2D eigenvalue weighted by Crippen LogP contribution is -1.91. The fourth-order valence-corrected chi connectivity index (χ4v) is 6.54. The van der Waals surface area contributed by atoms with Crippen molar-refractivity contribution < 1.29 is 0 Å². The van der Waals surface area contributed by atoms with Crippen LogP contribution in [0.15, 0.2) is 158 Å². The van der Waals surface area contributed by atoms with Crippen LogP contribution in [0.2, 0.25) is 0 Å². The molecule has 0 amide bonds. The van der Waals surface area contributed by atoms with Crippen molar-refractivity contribution >= 4 is 32.3 Å². The van der Waals surface area contributed by atoms with Crippen LogP contribution in [0.25, 0.3) is 76.8 Å². The predicted molar refractivity (Wildman–Crippen MR) is 183 cm³/mol. The number of hydrogen-bond donors (Lipinski definition) is 0. The van der Waals surface area contributed by atoms with E-state index in [-0.39, 0.29) is 0 Å². The van der Waals surface area contributed by atoms with Gasteiger partial charge in [-0.1, -0.05) is 121 Å². The summed E-state index contributed by atoms with van der Waals surface area (Å²) in [5, 5.41) is 7.59. The molecule has 0 aliphatic carbocycles. The van der Waals surface area contributed by atoms with Gasteiger partial charge < -0.3 is 0 Å². The molecule has 0 fully saturated rings. The van der Waals surface area contributed by atoms with Crippen LogP contribution in [0, 0.1) is 6.92 Å². The summed E-state index contributed by atoms with van der Waals surface area (Å²) in [5.74, 6) is 0. The SMILES string of the molecule is Cc1cncc(-c2cccc(-c3cccc(-c4c5ccccc5c(-c5ccc6ccccc6c5)c5ccccc45)c3)c2)c1. The van der Waals surface area contributed by atoms with Crippen LogP contribution in [-0.2, 0) is 0 Å². The molecule has 43 heavy (non-hydrogen) atoms. The van der Waals surface area contributed by atoms with Crippen LogP contribution in [0.1, 0.15) is 5.56 Å². The van der Waals surface area contributed by atoms with E-state index in [2.05, 4.69) is 158 Å². The third-order valence-corrected chi connectivity index (χ3v) is 8.53. The lowest BCUT2D eigenvalue weighted by Gasteiger charge is -2.18. The molecule has 1 heteroatoms. The van der Waals surface area contributed by atoms with Crippen molar-refractivity contribution in [2.75, 3.05) is 0 Å². The Hall–Kier alpha value is -5.53. The lowest BCUT2D eigenvalue weighted by molar-refractivity contribution is 1.27. The van der Waals surface area contributed by atoms with Crippen LogP contribution in [0.5, 0.6) is 0 Å². The standard InChI is InChI=1S/C42H29N/c1-28-22-36(27-43-26-28)33-14-8-12-31(23-33)32-13-9-15-34(25-32)41-37-16-4-6-18-39(37)42(40-19-7-5-17-38(40)41)35-21-20-29-10-2-3-11-30(29)24-35/h2-27H,1H3. The number of rotatable bonds is 4. The van der Waals surface area contributed by atoms with E-state index in [1.165, 1.54) is 71.3 Å². The highest BCUT2D eigenvalue weighted by molar-refractivity contribution is 6.21. The molecule has 7 aromatic carbocycles. The maximum absolute atomic E-state index is 4.42. The average molecular weight is 548 g/mol. The van der Waals surface area contributed by atoms with Crippen molar-refractivity contribution in [3.63, 3.8) is 0 Å². The van der Waals surface area contributed by atoms with Crippen LogP contribution in [0.4, 0.5) is 0 Å². The molecule has 0 N–H and O–H groups in total. The fourth-order valence-electron chi connectivity index (χ4n) is 6.54. The molecule has 202 valence electrons. The summed E-state index contributed by atoms with van der Waals surface area (Å²) in [6.45, 7) is 2.09. The third kappa shape index (κ3) is 4.47. The van der Waals surface area contributed by atoms with Crippen LogP contribution >= 0.6 is 0 Å². The normalized spacial score (nSPS) is 11.4. The van der Waals surface area contributed by atoms with Gasteiger partial charge in [0.2, 0.25) is 0 Å². The molecule has 8 aromatic rings. The van der Waals surface area contributed by atoms with Crippen molar-refractivity contribution in [1.29, 1.82) is 0 Å². The number of benzene rings is 7. The Kier molecular flexibility index (Phi) is 6.09. The number of hydrogen-bond acceptors (Lipinski definition) is 1. The molecule has 0 radical (unpaired) electrons. The highest BCUT2D eigenvalue weighted by Crippen LogP contribution is 2.44. The Morgan fingerprint density at radius 3 is 1.44 bits per heavy atom. The minimum atomic E-state index is 1.14. The predicted octanol–water partition coefficient (Wildman–Crippen LogP) is 11.5. The van der Waals surface area contributed by atoms with Crippen molar-refractivity contribution in [2.45, 2.75) is 6.92 Å². The zero-order valence-electron chi connectivity index (χ0n) is 24.0. The highest BCUT2D eigenvalue weighted by Gasteiger charge is 2.17. The average Bonchev–Trinajstić information content (AvgIpc) is 3.07. The summed E-state index contributed by atoms with van der Waals surface area (Å²) in [5.41, 5.74) is 10.9. The summed E-state index contributed by atoms with van der Waals surface area (Å²) < 4.78 is 0. The summed E-state index contributed by atoms with van der Waals surface area (Å²) in [6.07, 6.45) is 3.84. The number of aromatic nitrogens is 1. The summed E-state index contributed by atoms with van der Waals surface area (Å²) in [4.78, 5) is 4.42. The van der Waals surface area contributed by atoms with E-state index in [9.17, 15) is 0 Å².